The van der Waals surface area contributed by atoms with Crippen LogP contribution in [-0.2, 0) is 9.59 Å². The molecule has 0 bridgehead atoms. The van der Waals surface area contributed by atoms with Crippen molar-refractivity contribution in [2.75, 3.05) is 18.1 Å². The third kappa shape index (κ3) is 26.7. The third-order valence-corrected chi connectivity index (χ3v) is 7.07. The molecular weight excluding hydrogens is 446 g/mol. The molecule has 0 unspecified atom stereocenters. The maximum atomic E-state index is 11.9. The van der Waals surface area contributed by atoms with E-state index >= 15 is 0 Å². The van der Waals surface area contributed by atoms with Gasteiger partial charge in [0.15, 0.2) is 0 Å². The summed E-state index contributed by atoms with van der Waals surface area (Å²) in [6.07, 6.45) is 31.9. The Bertz CT molecular complexity index is 621. The third-order valence-electron chi connectivity index (χ3n) is 4.58. The summed E-state index contributed by atoms with van der Waals surface area (Å²) >= 11 is 0. The van der Waals surface area contributed by atoms with E-state index in [1.54, 1.807) is 21.6 Å². The minimum atomic E-state index is 0.107. The molecule has 0 heterocycles. The summed E-state index contributed by atoms with van der Waals surface area (Å²) in [5.74, 6) is 2.39. The number of ketones is 1. The van der Waals surface area contributed by atoms with E-state index in [2.05, 4.69) is 73.0 Å². The van der Waals surface area contributed by atoms with Gasteiger partial charge in [-0.3, -0.25) is 9.59 Å². The van der Waals surface area contributed by atoms with Gasteiger partial charge in [-0.2, -0.15) is 0 Å². The van der Waals surface area contributed by atoms with E-state index in [1.807, 2.05) is 6.92 Å². The normalized spacial score (nSPS) is 12.3. The first-order valence-electron chi connectivity index (χ1n) is 12.5. The Hall–Kier alpha value is -1.46. The van der Waals surface area contributed by atoms with E-state index in [0.29, 0.717) is 25.0 Å². The number of carbonyl (C=O) groups is 2. The minimum Gasteiger partial charge on any atom is -0.355 e. The van der Waals surface area contributed by atoms with Crippen molar-refractivity contribution in [2.45, 2.75) is 84.5 Å². The molecule has 0 aliphatic carbocycles. The van der Waals surface area contributed by atoms with Gasteiger partial charge in [0.2, 0.25) is 5.91 Å². The highest BCUT2D eigenvalue weighted by Gasteiger charge is 2.01. The number of Topliss-reactive ketones (excluding diaryl/α,β-unsaturated/α-hetero) is 1. The van der Waals surface area contributed by atoms with Crippen molar-refractivity contribution in [1.82, 2.24) is 5.32 Å². The smallest absolute Gasteiger partial charge is 0.219 e. The standard InChI is InChI=1S/C28H45NO2S2/c1-3-5-6-7-8-9-10-11-12-13-14-15-16-17-18-19-20-22-27(30)23-21-25-32-33-26-24-29-28(31)4-2/h5-6,8-9,11-12,14-15,17-18H,3-4,7,10,13,16,19-26H2,1-2H3,(H,29,31)/b6-5-,9-8-,12-11-,15-14-,18-17-. The Morgan fingerprint density at radius 1 is 0.667 bits per heavy atom. The van der Waals surface area contributed by atoms with Crippen LogP contribution < -0.4 is 5.32 Å². The van der Waals surface area contributed by atoms with Gasteiger partial charge >= 0.3 is 0 Å². The van der Waals surface area contributed by atoms with Gasteiger partial charge in [0.25, 0.3) is 0 Å². The Morgan fingerprint density at radius 2 is 1.18 bits per heavy atom. The molecule has 0 spiro atoms. The lowest BCUT2D eigenvalue weighted by molar-refractivity contribution is -0.121. The number of hydrogen-bond donors (Lipinski definition) is 1. The molecule has 0 aromatic heterocycles. The number of carbonyl (C=O) groups excluding carboxylic acids is 2. The van der Waals surface area contributed by atoms with Crippen LogP contribution in [-0.4, -0.2) is 29.7 Å². The van der Waals surface area contributed by atoms with Gasteiger partial charge < -0.3 is 5.32 Å². The molecule has 0 aromatic rings. The lowest BCUT2D eigenvalue weighted by Gasteiger charge is -2.03. The Labute approximate surface area is 211 Å². The fraction of sp³-hybridized carbons (Fsp3) is 0.571. The van der Waals surface area contributed by atoms with E-state index in [9.17, 15) is 9.59 Å². The van der Waals surface area contributed by atoms with Crippen LogP contribution >= 0.6 is 21.6 Å². The Balaban J connectivity index is 3.46. The summed E-state index contributed by atoms with van der Waals surface area (Å²) < 4.78 is 0. The van der Waals surface area contributed by atoms with Crippen molar-refractivity contribution in [2.24, 2.45) is 0 Å². The van der Waals surface area contributed by atoms with Crippen LogP contribution in [0.15, 0.2) is 60.8 Å². The second-order valence-electron chi connectivity index (χ2n) is 7.59. The zero-order valence-electron chi connectivity index (χ0n) is 20.8. The lowest BCUT2D eigenvalue weighted by atomic mass is 10.1. The van der Waals surface area contributed by atoms with Crippen LogP contribution in [0, 0.1) is 0 Å². The van der Waals surface area contributed by atoms with Gasteiger partial charge in [-0.15, -0.1) is 0 Å². The second-order valence-corrected chi connectivity index (χ2v) is 10.3. The van der Waals surface area contributed by atoms with Crippen molar-refractivity contribution in [1.29, 1.82) is 0 Å². The molecule has 0 radical (unpaired) electrons. The monoisotopic (exact) mass is 491 g/mol. The number of hydrogen-bond acceptors (Lipinski definition) is 4. The molecule has 0 atom stereocenters. The molecule has 186 valence electrons. The quantitative estimate of drug-likeness (QED) is 0.0942. The van der Waals surface area contributed by atoms with Crippen molar-refractivity contribution in [3.63, 3.8) is 0 Å². The Morgan fingerprint density at radius 3 is 1.76 bits per heavy atom. The molecule has 33 heavy (non-hydrogen) atoms. The van der Waals surface area contributed by atoms with Gasteiger partial charge in [-0.05, 0) is 51.4 Å². The molecule has 5 heteroatoms. The minimum absolute atomic E-state index is 0.107. The topological polar surface area (TPSA) is 46.2 Å². The molecule has 0 aliphatic heterocycles. The van der Waals surface area contributed by atoms with Gasteiger partial charge in [0.05, 0.1) is 0 Å². The highest BCUT2D eigenvalue weighted by atomic mass is 33.1. The van der Waals surface area contributed by atoms with E-state index in [0.717, 1.165) is 69.4 Å². The first-order valence-corrected chi connectivity index (χ1v) is 15.0. The maximum Gasteiger partial charge on any atom is 0.219 e. The molecule has 1 amide bonds. The summed E-state index contributed by atoms with van der Waals surface area (Å²) in [6.45, 7) is 4.73. The van der Waals surface area contributed by atoms with Crippen molar-refractivity contribution in [3.8, 4) is 0 Å². The summed E-state index contributed by atoms with van der Waals surface area (Å²) in [5, 5.41) is 2.86. The van der Waals surface area contributed by atoms with E-state index in [-0.39, 0.29) is 5.91 Å². The zero-order valence-corrected chi connectivity index (χ0v) is 22.4. The Kier molecular flexibility index (Phi) is 25.6. The van der Waals surface area contributed by atoms with E-state index in [1.165, 1.54) is 0 Å². The van der Waals surface area contributed by atoms with Gasteiger partial charge in [0, 0.05) is 37.3 Å². The average Bonchev–Trinajstić information content (AvgIpc) is 2.82. The predicted molar refractivity (Wildman–Crippen MR) is 151 cm³/mol. The second kappa shape index (κ2) is 26.8. The van der Waals surface area contributed by atoms with Crippen LogP contribution in [0.2, 0.25) is 0 Å². The molecular formula is C28H45NO2S2. The maximum absolute atomic E-state index is 11.9. The summed E-state index contributed by atoms with van der Waals surface area (Å²) in [5.41, 5.74) is 0. The SMILES string of the molecule is CC/C=C\C/C=C\C/C=C\C/C=C\C/C=C\CCCC(=O)CCCSSCCNC(=O)CC. The summed E-state index contributed by atoms with van der Waals surface area (Å²) in [4.78, 5) is 23.0. The molecule has 0 fully saturated rings. The average molecular weight is 492 g/mol. The highest BCUT2D eigenvalue weighted by molar-refractivity contribution is 8.76. The van der Waals surface area contributed by atoms with Crippen molar-refractivity contribution < 1.29 is 9.59 Å². The molecule has 0 rings (SSSR count). The fourth-order valence-electron chi connectivity index (χ4n) is 2.71. The van der Waals surface area contributed by atoms with Crippen molar-refractivity contribution >= 4 is 33.3 Å². The van der Waals surface area contributed by atoms with Gasteiger partial charge in [-0.1, -0.05) is 96.2 Å². The van der Waals surface area contributed by atoms with Crippen LogP contribution in [0.3, 0.4) is 0 Å². The first-order chi connectivity index (χ1) is 16.2. The highest BCUT2D eigenvalue weighted by Crippen LogP contribution is 2.22. The molecule has 0 saturated heterocycles. The van der Waals surface area contributed by atoms with Gasteiger partial charge in [0.1, 0.15) is 5.78 Å². The van der Waals surface area contributed by atoms with Crippen LogP contribution in [0.4, 0.5) is 0 Å². The summed E-state index contributed by atoms with van der Waals surface area (Å²) in [7, 11) is 3.56. The molecule has 0 aliphatic rings. The van der Waals surface area contributed by atoms with Crippen LogP contribution in [0.1, 0.15) is 84.5 Å². The first kappa shape index (κ1) is 31.5. The summed E-state index contributed by atoms with van der Waals surface area (Å²) in [6, 6.07) is 0. The predicted octanol–water partition coefficient (Wildman–Crippen LogP) is 8.17. The van der Waals surface area contributed by atoms with Crippen molar-refractivity contribution in [3.05, 3.63) is 60.8 Å². The number of unbranched alkanes of at least 4 members (excludes halogenated alkanes) is 1. The number of allylic oxidation sites excluding steroid dienone is 10. The largest absolute Gasteiger partial charge is 0.355 e. The fourth-order valence-corrected chi connectivity index (χ4v) is 4.71. The van der Waals surface area contributed by atoms with Crippen LogP contribution in [0.5, 0.6) is 0 Å². The van der Waals surface area contributed by atoms with Crippen LogP contribution in [0.25, 0.3) is 0 Å². The molecule has 1 N–H and O–H groups in total. The molecule has 0 saturated carbocycles. The lowest BCUT2D eigenvalue weighted by Crippen LogP contribution is -2.24. The molecule has 3 nitrogen and oxygen atoms in total. The van der Waals surface area contributed by atoms with Gasteiger partial charge in [-0.25, -0.2) is 0 Å². The number of amides is 1. The van der Waals surface area contributed by atoms with E-state index < -0.39 is 0 Å². The zero-order chi connectivity index (χ0) is 24.2. The number of nitrogens with one attached hydrogen (secondary N) is 1. The van der Waals surface area contributed by atoms with E-state index in [4.69, 9.17) is 0 Å². The number of rotatable bonds is 22. The molecule has 0 aromatic carbocycles.